The molecule has 0 spiro atoms. The molecule has 0 radical (unpaired) electrons. The largest absolute Gasteiger partial charge is 0.497 e. The minimum atomic E-state index is -0.773. The van der Waals surface area contributed by atoms with Crippen molar-refractivity contribution in [2.24, 2.45) is 0 Å². The molecule has 2 N–H and O–H groups in total. The van der Waals surface area contributed by atoms with E-state index in [1.165, 1.54) is 6.07 Å². The van der Waals surface area contributed by atoms with Gasteiger partial charge in [0.15, 0.2) is 5.82 Å². The zero-order chi connectivity index (χ0) is 14.0. The lowest BCUT2D eigenvalue weighted by molar-refractivity contribution is 0.415. The Hall–Kier alpha value is -2.30. The number of rotatable bonds is 3. The fourth-order valence-electron chi connectivity index (χ4n) is 1.81. The van der Waals surface area contributed by atoms with Gasteiger partial charge in [0.05, 0.1) is 18.5 Å². The van der Waals surface area contributed by atoms with Gasteiger partial charge in [-0.05, 0) is 18.2 Å². The third-order valence-electron chi connectivity index (χ3n) is 2.87. The van der Waals surface area contributed by atoms with Crippen molar-refractivity contribution in [1.29, 1.82) is 0 Å². The van der Waals surface area contributed by atoms with Crippen molar-refractivity contribution in [2.45, 2.75) is 0 Å². The molecule has 0 saturated carbocycles. The average molecular weight is 264 g/mol. The molecule has 2 rings (SSSR count). The van der Waals surface area contributed by atoms with Gasteiger partial charge < -0.3 is 15.4 Å². The Morgan fingerprint density at radius 1 is 1.16 bits per heavy atom. The molecule has 0 aliphatic heterocycles. The molecule has 0 saturated heterocycles. The van der Waals surface area contributed by atoms with E-state index >= 15 is 0 Å². The molecular formula is C14H14F2N2O. The maximum Gasteiger partial charge on any atom is 0.151 e. The first kappa shape index (κ1) is 13.1. The summed E-state index contributed by atoms with van der Waals surface area (Å²) in [6, 6.07) is 9.08. The Kier molecular flexibility index (Phi) is 3.55. The van der Waals surface area contributed by atoms with E-state index in [1.807, 2.05) is 0 Å². The van der Waals surface area contributed by atoms with E-state index in [-0.39, 0.29) is 11.4 Å². The topological polar surface area (TPSA) is 38.5 Å². The first-order valence-corrected chi connectivity index (χ1v) is 5.65. The summed E-state index contributed by atoms with van der Waals surface area (Å²) in [5, 5.41) is 0. The second-order valence-corrected chi connectivity index (χ2v) is 4.08. The number of benzene rings is 2. The Balaban J connectivity index is 2.46. The van der Waals surface area contributed by atoms with Crippen LogP contribution in [0.1, 0.15) is 0 Å². The van der Waals surface area contributed by atoms with Crippen LogP contribution in [0.15, 0.2) is 36.4 Å². The van der Waals surface area contributed by atoms with E-state index in [2.05, 4.69) is 0 Å². The number of nitrogen functional groups attached to an aromatic ring is 1. The summed E-state index contributed by atoms with van der Waals surface area (Å²) in [6.07, 6.45) is 0. The molecule has 3 nitrogen and oxygen atoms in total. The molecule has 0 heterocycles. The molecule has 0 fully saturated rings. The summed E-state index contributed by atoms with van der Waals surface area (Å²) in [4.78, 5) is 1.60. The van der Waals surface area contributed by atoms with Gasteiger partial charge in [-0.25, -0.2) is 8.78 Å². The maximum absolute atomic E-state index is 13.4. The second kappa shape index (κ2) is 5.14. The summed E-state index contributed by atoms with van der Waals surface area (Å²) in [7, 11) is 3.23. The predicted molar refractivity (Wildman–Crippen MR) is 71.8 cm³/mol. The lowest BCUT2D eigenvalue weighted by atomic mass is 10.2. The van der Waals surface area contributed by atoms with Gasteiger partial charge in [-0.1, -0.05) is 6.07 Å². The second-order valence-electron chi connectivity index (χ2n) is 4.08. The van der Waals surface area contributed by atoms with Crippen LogP contribution in [0, 0.1) is 11.6 Å². The first-order chi connectivity index (χ1) is 9.02. The van der Waals surface area contributed by atoms with Crippen molar-refractivity contribution in [3.05, 3.63) is 48.0 Å². The Morgan fingerprint density at radius 2 is 1.89 bits per heavy atom. The highest BCUT2D eigenvalue weighted by molar-refractivity contribution is 5.75. The molecule has 0 amide bonds. The third-order valence-corrected chi connectivity index (χ3v) is 2.87. The number of ether oxygens (including phenoxy) is 1. The lowest BCUT2D eigenvalue weighted by Crippen LogP contribution is -2.13. The van der Waals surface area contributed by atoms with E-state index in [9.17, 15) is 8.78 Å². The van der Waals surface area contributed by atoms with Crippen molar-refractivity contribution in [3.8, 4) is 5.75 Å². The van der Waals surface area contributed by atoms with Crippen LogP contribution in [0.25, 0.3) is 0 Å². The minimum absolute atomic E-state index is 0.0910. The predicted octanol–water partition coefficient (Wildman–Crippen LogP) is 3.32. The number of nitrogens with two attached hydrogens (primary N) is 1. The highest BCUT2D eigenvalue weighted by atomic mass is 19.1. The summed E-state index contributed by atoms with van der Waals surface area (Å²) >= 11 is 0. The normalized spacial score (nSPS) is 10.3. The van der Waals surface area contributed by atoms with Gasteiger partial charge in [-0.15, -0.1) is 0 Å². The van der Waals surface area contributed by atoms with Crippen LogP contribution in [0.3, 0.4) is 0 Å². The van der Waals surface area contributed by atoms with Gasteiger partial charge >= 0.3 is 0 Å². The standard InChI is InChI=1S/C14H14F2N2O/c1-18(10-4-3-5-11(8-10)19-2)13-7-9(15)6-12(16)14(13)17/h3-8H,17H2,1-2H3. The van der Waals surface area contributed by atoms with E-state index in [0.717, 1.165) is 11.8 Å². The summed E-state index contributed by atoms with van der Waals surface area (Å²) < 4.78 is 31.8. The number of anilines is 3. The van der Waals surface area contributed by atoms with E-state index in [0.29, 0.717) is 5.75 Å². The molecule has 5 heteroatoms. The molecular weight excluding hydrogens is 250 g/mol. The lowest BCUT2D eigenvalue weighted by Gasteiger charge is -2.22. The van der Waals surface area contributed by atoms with Crippen LogP contribution in [-0.4, -0.2) is 14.2 Å². The number of hydrogen-bond acceptors (Lipinski definition) is 3. The average Bonchev–Trinajstić information content (AvgIpc) is 2.42. The van der Waals surface area contributed by atoms with Gasteiger partial charge in [0.1, 0.15) is 11.6 Å². The highest BCUT2D eigenvalue weighted by Gasteiger charge is 2.13. The van der Waals surface area contributed by atoms with Crippen molar-refractivity contribution >= 4 is 17.1 Å². The molecule has 100 valence electrons. The van der Waals surface area contributed by atoms with Crippen LogP contribution < -0.4 is 15.4 Å². The number of methoxy groups -OCH3 is 1. The molecule has 0 aliphatic carbocycles. The zero-order valence-corrected chi connectivity index (χ0v) is 10.7. The molecule has 0 aromatic heterocycles. The van der Waals surface area contributed by atoms with E-state index in [4.69, 9.17) is 10.5 Å². The molecule has 19 heavy (non-hydrogen) atoms. The Labute approximate surface area is 110 Å². The number of hydrogen-bond donors (Lipinski definition) is 1. The van der Waals surface area contributed by atoms with Crippen molar-refractivity contribution in [1.82, 2.24) is 0 Å². The van der Waals surface area contributed by atoms with Crippen molar-refractivity contribution in [3.63, 3.8) is 0 Å². The quantitative estimate of drug-likeness (QED) is 0.864. The van der Waals surface area contributed by atoms with Gasteiger partial charge in [0.25, 0.3) is 0 Å². The van der Waals surface area contributed by atoms with Gasteiger partial charge in [0.2, 0.25) is 0 Å². The van der Waals surface area contributed by atoms with Crippen LogP contribution in [-0.2, 0) is 0 Å². The van der Waals surface area contributed by atoms with Crippen molar-refractivity contribution < 1.29 is 13.5 Å². The van der Waals surface area contributed by atoms with Crippen LogP contribution in [0.5, 0.6) is 5.75 Å². The van der Waals surface area contributed by atoms with Gasteiger partial charge in [0, 0.05) is 24.9 Å². The van der Waals surface area contributed by atoms with E-state index in [1.54, 1.807) is 43.3 Å². The zero-order valence-electron chi connectivity index (χ0n) is 10.7. The molecule has 0 unspecified atom stereocenters. The smallest absolute Gasteiger partial charge is 0.151 e. The SMILES string of the molecule is COc1cccc(N(C)c2cc(F)cc(F)c2N)c1. The summed E-state index contributed by atoms with van der Waals surface area (Å²) in [6.45, 7) is 0. The monoisotopic (exact) mass is 264 g/mol. The molecule has 0 atom stereocenters. The van der Waals surface area contributed by atoms with Crippen molar-refractivity contribution in [2.75, 3.05) is 24.8 Å². The molecule has 2 aromatic rings. The minimum Gasteiger partial charge on any atom is -0.497 e. The van der Waals surface area contributed by atoms with E-state index < -0.39 is 11.6 Å². The van der Waals surface area contributed by atoms with Crippen LogP contribution >= 0.6 is 0 Å². The number of nitrogens with zero attached hydrogens (tertiary/aromatic N) is 1. The summed E-state index contributed by atoms with van der Waals surface area (Å²) in [5.74, 6) is -0.791. The molecule has 0 aliphatic rings. The fraction of sp³-hybridized carbons (Fsp3) is 0.143. The van der Waals surface area contributed by atoms with Gasteiger partial charge in [-0.2, -0.15) is 0 Å². The summed E-state index contributed by atoms with van der Waals surface area (Å²) in [5.41, 5.74) is 6.54. The Morgan fingerprint density at radius 3 is 2.58 bits per heavy atom. The van der Waals surface area contributed by atoms with Gasteiger partial charge in [-0.3, -0.25) is 0 Å². The molecule has 2 aromatic carbocycles. The first-order valence-electron chi connectivity index (χ1n) is 5.65. The highest BCUT2D eigenvalue weighted by Crippen LogP contribution is 2.32. The van der Waals surface area contributed by atoms with Crippen LogP contribution in [0.2, 0.25) is 0 Å². The number of halogens is 2. The fourth-order valence-corrected chi connectivity index (χ4v) is 1.81. The Bertz CT molecular complexity index is 602. The maximum atomic E-state index is 13.4. The molecule has 0 bridgehead atoms. The third kappa shape index (κ3) is 2.59. The van der Waals surface area contributed by atoms with Crippen LogP contribution in [0.4, 0.5) is 25.8 Å².